The molecule has 146 valence electrons. The Morgan fingerprint density at radius 3 is 2.43 bits per heavy atom. The van der Waals surface area contributed by atoms with Gasteiger partial charge in [0, 0.05) is 17.7 Å². The number of nitrogens with zero attached hydrogens (tertiary/aromatic N) is 1. The summed E-state index contributed by atoms with van der Waals surface area (Å²) in [6.45, 7) is 1.86. The van der Waals surface area contributed by atoms with Crippen LogP contribution in [0.5, 0.6) is 0 Å². The standard InChI is InChI=1S/C21H22N2O5/c1-13(15-8-7-14-5-3-4-6-16(14)9-15)22-20(24)17-10-18(21(25)28-2)12-19(11-17)23(26)27/h7-13H,3-6H2,1-2H3,(H,22,24). The number of ether oxygens (including phenoxy) is 1. The van der Waals surface area contributed by atoms with Crippen molar-refractivity contribution in [1.29, 1.82) is 0 Å². The molecule has 1 unspecified atom stereocenters. The molecule has 1 N–H and O–H groups in total. The third kappa shape index (κ3) is 4.19. The van der Waals surface area contributed by atoms with Gasteiger partial charge in [-0.05, 0) is 55.4 Å². The molecule has 0 aliphatic heterocycles. The lowest BCUT2D eigenvalue weighted by Gasteiger charge is -2.20. The molecule has 2 aromatic rings. The zero-order valence-corrected chi connectivity index (χ0v) is 15.9. The van der Waals surface area contributed by atoms with Crippen molar-refractivity contribution in [1.82, 2.24) is 5.32 Å². The highest BCUT2D eigenvalue weighted by molar-refractivity contribution is 5.99. The van der Waals surface area contributed by atoms with Crippen molar-refractivity contribution in [3.63, 3.8) is 0 Å². The molecular formula is C21H22N2O5. The third-order valence-corrected chi connectivity index (χ3v) is 5.03. The Morgan fingerprint density at radius 2 is 1.75 bits per heavy atom. The van der Waals surface area contributed by atoms with E-state index in [0.29, 0.717) is 0 Å². The van der Waals surface area contributed by atoms with E-state index in [1.165, 1.54) is 37.1 Å². The number of nitro benzene ring substituents is 1. The molecule has 1 aliphatic carbocycles. The van der Waals surface area contributed by atoms with Gasteiger partial charge in [-0.25, -0.2) is 4.79 Å². The molecule has 3 rings (SSSR count). The number of hydrogen-bond donors (Lipinski definition) is 1. The second kappa shape index (κ2) is 8.21. The van der Waals surface area contributed by atoms with Gasteiger partial charge in [0.2, 0.25) is 0 Å². The van der Waals surface area contributed by atoms with E-state index in [1.807, 2.05) is 13.0 Å². The lowest BCUT2D eigenvalue weighted by Crippen LogP contribution is -2.27. The fraction of sp³-hybridized carbons (Fsp3) is 0.333. The van der Waals surface area contributed by atoms with Crippen LogP contribution < -0.4 is 5.32 Å². The number of benzene rings is 2. The molecule has 0 bridgehead atoms. The second-order valence-electron chi connectivity index (χ2n) is 6.95. The van der Waals surface area contributed by atoms with E-state index in [1.54, 1.807) is 0 Å². The van der Waals surface area contributed by atoms with E-state index in [0.717, 1.165) is 30.5 Å². The van der Waals surface area contributed by atoms with Crippen LogP contribution in [0.25, 0.3) is 0 Å². The summed E-state index contributed by atoms with van der Waals surface area (Å²) in [7, 11) is 1.18. The zero-order valence-electron chi connectivity index (χ0n) is 15.9. The SMILES string of the molecule is COC(=O)c1cc(C(=O)NC(C)c2ccc3c(c2)CCCC3)cc([N+](=O)[O-])c1. The van der Waals surface area contributed by atoms with E-state index in [4.69, 9.17) is 0 Å². The molecule has 0 saturated carbocycles. The number of nitro groups is 1. The number of amides is 1. The summed E-state index contributed by atoms with van der Waals surface area (Å²) in [6, 6.07) is 9.50. The summed E-state index contributed by atoms with van der Waals surface area (Å²) < 4.78 is 4.62. The molecular weight excluding hydrogens is 360 g/mol. The van der Waals surface area contributed by atoms with E-state index < -0.39 is 16.8 Å². The van der Waals surface area contributed by atoms with Crippen LogP contribution in [-0.2, 0) is 17.6 Å². The van der Waals surface area contributed by atoms with E-state index in [-0.39, 0.29) is 22.9 Å². The maximum atomic E-state index is 12.7. The Labute approximate surface area is 162 Å². The smallest absolute Gasteiger partial charge is 0.338 e. The summed E-state index contributed by atoms with van der Waals surface area (Å²) in [5.41, 5.74) is 3.31. The van der Waals surface area contributed by atoms with Gasteiger partial charge in [0.1, 0.15) is 0 Å². The first kappa shape index (κ1) is 19.5. The highest BCUT2D eigenvalue weighted by atomic mass is 16.6. The molecule has 0 fully saturated rings. The van der Waals surface area contributed by atoms with Crippen LogP contribution in [0, 0.1) is 10.1 Å². The van der Waals surface area contributed by atoms with Crippen molar-refractivity contribution >= 4 is 17.6 Å². The lowest BCUT2D eigenvalue weighted by atomic mass is 9.89. The number of hydrogen-bond acceptors (Lipinski definition) is 5. The maximum Gasteiger partial charge on any atom is 0.338 e. The van der Waals surface area contributed by atoms with Gasteiger partial charge in [-0.2, -0.15) is 0 Å². The summed E-state index contributed by atoms with van der Waals surface area (Å²) in [5.74, 6) is -1.22. The minimum absolute atomic E-state index is 0.0386. The number of fused-ring (bicyclic) bond motifs is 1. The van der Waals surface area contributed by atoms with Crippen molar-refractivity contribution in [2.24, 2.45) is 0 Å². The number of carbonyl (C=O) groups excluding carboxylic acids is 2. The molecule has 2 aromatic carbocycles. The Morgan fingerprint density at radius 1 is 1.07 bits per heavy atom. The van der Waals surface area contributed by atoms with Crippen LogP contribution in [0.2, 0.25) is 0 Å². The fourth-order valence-corrected chi connectivity index (χ4v) is 3.47. The lowest BCUT2D eigenvalue weighted by molar-refractivity contribution is -0.384. The van der Waals surface area contributed by atoms with Crippen LogP contribution in [-0.4, -0.2) is 23.9 Å². The first-order valence-electron chi connectivity index (χ1n) is 9.19. The maximum absolute atomic E-state index is 12.7. The van der Waals surface area contributed by atoms with Gasteiger partial charge in [-0.3, -0.25) is 14.9 Å². The largest absolute Gasteiger partial charge is 0.465 e. The Bertz CT molecular complexity index is 938. The minimum Gasteiger partial charge on any atom is -0.465 e. The van der Waals surface area contributed by atoms with E-state index in [9.17, 15) is 19.7 Å². The van der Waals surface area contributed by atoms with Crippen LogP contribution >= 0.6 is 0 Å². The van der Waals surface area contributed by atoms with Crippen LogP contribution in [0.3, 0.4) is 0 Å². The summed E-state index contributed by atoms with van der Waals surface area (Å²) >= 11 is 0. The van der Waals surface area contributed by atoms with Gasteiger partial charge in [-0.15, -0.1) is 0 Å². The molecule has 1 amide bonds. The van der Waals surface area contributed by atoms with Gasteiger partial charge in [0.15, 0.2) is 0 Å². The average Bonchev–Trinajstić information content (AvgIpc) is 2.72. The molecule has 0 spiro atoms. The van der Waals surface area contributed by atoms with Gasteiger partial charge < -0.3 is 10.1 Å². The quantitative estimate of drug-likeness (QED) is 0.482. The fourth-order valence-electron chi connectivity index (χ4n) is 3.47. The Kier molecular flexibility index (Phi) is 5.73. The molecule has 7 nitrogen and oxygen atoms in total. The number of methoxy groups -OCH3 is 1. The van der Waals surface area contributed by atoms with Gasteiger partial charge in [0.05, 0.1) is 23.6 Å². The summed E-state index contributed by atoms with van der Waals surface area (Å²) in [6.07, 6.45) is 4.49. The van der Waals surface area contributed by atoms with E-state index >= 15 is 0 Å². The zero-order chi connectivity index (χ0) is 20.3. The monoisotopic (exact) mass is 382 g/mol. The number of rotatable bonds is 5. The predicted octanol–water partition coefficient (Wildman–Crippen LogP) is 3.75. The Balaban J connectivity index is 1.83. The van der Waals surface area contributed by atoms with Gasteiger partial charge >= 0.3 is 5.97 Å². The summed E-state index contributed by atoms with van der Waals surface area (Å²) in [4.78, 5) is 34.9. The molecule has 28 heavy (non-hydrogen) atoms. The molecule has 7 heteroatoms. The molecule has 0 aromatic heterocycles. The van der Waals surface area contributed by atoms with Crippen LogP contribution in [0.15, 0.2) is 36.4 Å². The molecule has 0 saturated heterocycles. The summed E-state index contributed by atoms with van der Waals surface area (Å²) in [5, 5.41) is 14.0. The van der Waals surface area contributed by atoms with Crippen molar-refractivity contribution in [3.05, 3.63) is 74.3 Å². The van der Waals surface area contributed by atoms with Crippen molar-refractivity contribution in [3.8, 4) is 0 Å². The van der Waals surface area contributed by atoms with Gasteiger partial charge in [0.25, 0.3) is 11.6 Å². The van der Waals surface area contributed by atoms with Crippen molar-refractivity contribution in [2.75, 3.05) is 7.11 Å². The van der Waals surface area contributed by atoms with Crippen LogP contribution in [0.4, 0.5) is 5.69 Å². The second-order valence-corrected chi connectivity index (χ2v) is 6.95. The Hall–Kier alpha value is -3.22. The topological polar surface area (TPSA) is 98.5 Å². The van der Waals surface area contributed by atoms with Crippen LogP contribution in [0.1, 0.15) is 63.2 Å². The van der Waals surface area contributed by atoms with Crippen molar-refractivity contribution in [2.45, 2.75) is 38.6 Å². The van der Waals surface area contributed by atoms with Crippen molar-refractivity contribution < 1.29 is 19.2 Å². The number of carbonyl (C=O) groups is 2. The normalized spacial score (nSPS) is 13.9. The minimum atomic E-state index is -0.736. The number of aryl methyl sites for hydroxylation is 2. The molecule has 1 atom stereocenters. The number of nitrogens with one attached hydrogen (secondary N) is 1. The highest BCUT2D eigenvalue weighted by Gasteiger charge is 2.20. The number of non-ortho nitro benzene ring substituents is 1. The third-order valence-electron chi connectivity index (χ3n) is 5.03. The molecule has 0 radical (unpaired) electrons. The molecule has 1 aliphatic rings. The first-order chi connectivity index (χ1) is 13.4. The number of esters is 1. The predicted molar refractivity (Wildman–Crippen MR) is 103 cm³/mol. The molecule has 0 heterocycles. The van der Waals surface area contributed by atoms with E-state index in [2.05, 4.69) is 22.2 Å². The average molecular weight is 382 g/mol. The van der Waals surface area contributed by atoms with Gasteiger partial charge in [-0.1, -0.05) is 18.2 Å². The highest BCUT2D eigenvalue weighted by Crippen LogP contribution is 2.25. The first-order valence-corrected chi connectivity index (χ1v) is 9.19.